The van der Waals surface area contributed by atoms with Gasteiger partial charge in [-0.25, -0.2) is 0 Å². The summed E-state index contributed by atoms with van der Waals surface area (Å²) in [6.45, 7) is 2.35. The molecule has 0 radical (unpaired) electrons. The van der Waals surface area contributed by atoms with Gasteiger partial charge in [-0.15, -0.1) is 24.0 Å². The first-order valence-electron chi connectivity index (χ1n) is 6.99. The maximum atomic E-state index is 13.2. The van der Waals surface area contributed by atoms with Crippen LogP contribution in [0.25, 0.3) is 0 Å². The minimum absolute atomic E-state index is 0. The van der Waals surface area contributed by atoms with E-state index in [0.717, 1.165) is 24.6 Å². The normalized spacial score (nSPS) is 23.0. The minimum atomic E-state index is -4.31. The fraction of sp³-hybridized carbons (Fsp3) is 0.917. The first-order valence-corrected chi connectivity index (χ1v) is 8.15. The van der Waals surface area contributed by atoms with E-state index in [1.54, 1.807) is 0 Å². The summed E-state index contributed by atoms with van der Waals surface area (Å²) in [5, 5.41) is 0. The summed E-state index contributed by atoms with van der Waals surface area (Å²) < 4.78 is 44.7. The zero-order valence-corrected chi connectivity index (χ0v) is 15.4. The molecule has 2 aliphatic heterocycles. The molecule has 2 rings (SSSR count). The van der Waals surface area contributed by atoms with E-state index in [9.17, 15) is 13.2 Å². The highest BCUT2D eigenvalue weighted by molar-refractivity contribution is 14.0. The molecule has 5 nitrogen and oxygen atoms in total. The van der Waals surface area contributed by atoms with Gasteiger partial charge in [-0.05, 0) is 0 Å². The Kier molecular flexibility index (Phi) is 8.57. The number of guanidine groups is 1. The van der Waals surface area contributed by atoms with Crippen molar-refractivity contribution in [3.63, 3.8) is 0 Å². The van der Waals surface area contributed by atoms with Crippen molar-refractivity contribution in [2.24, 2.45) is 10.7 Å². The molecule has 0 aromatic carbocycles. The molecular formula is C12H22F3IN4OS. The van der Waals surface area contributed by atoms with Gasteiger partial charge in [0.15, 0.2) is 5.96 Å². The quantitative estimate of drug-likeness (QED) is 0.395. The van der Waals surface area contributed by atoms with Crippen molar-refractivity contribution in [1.82, 2.24) is 9.80 Å². The van der Waals surface area contributed by atoms with Gasteiger partial charge in [-0.1, -0.05) is 0 Å². The second-order valence-electron chi connectivity index (χ2n) is 5.00. The molecule has 0 aromatic heterocycles. The van der Waals surface area contributed by atoms with Gasteiger partial charge < -0.3 is 15.4 Å². The fourth-order valence-electron chi connectivity index (χ4n) is 2.39. The fourth-order valence-corrected chi connectivity index (χ4v) is 3.29. The van der Waals surface area contributed by atoms with Crippen LogP contribution in [0.3, 0.4) is 0 Å². The number of nitrogens with zero attached hydrogens (tertiary/aromatic N) is 3. The van der Waals surface area contributed by atoms with E-state index in [1.807, 2.05) is 16.7 Å². The number of nitrogens with two attached hydrogens (primary N) is 1. The number of aliphatic imine (C=N–C) groups is 1. The average molecular weight is 454 g/mol. The zero-order valence-electron chi connectivity index (χ0n) is 12.2. The van der Waals surface area contributed by atoms with Gasteiger partial charge in [0.05, 0.1) is 19.8 Å². The zero-order chi connectivity index (χ0) is 15.3. The first kappa shape index (κ1) is 20.1. The molecule has 2 aliphatic rings. The highest BCUT2D eigenvalue weighted by atomic mass is 127. The molecule has 1 unspecified atom stereocenters. The van der Waals surface area contributed by atoms with E-state index >= 15 is 0 Å². The molecule has 0 spiro atoms. The molecule has 1 atom stereocenters. The highest BCUT2D eigenvalue weighted by Crippen LogP contribution is 2.26. The van der Waals surface area contributed by atoms with E-state index < -0.39 is 12.2 Å². The number of rotatable bonds is 3. The first-order chi connectivity index (χ1) is 9.98. The molecule has 2 saturated heterocycles. The second-order valence-corrected chi connectivity index (χ2v) is 6.23. The van der Waals surface area contributed by atoms with Crippen LogP contribution in [0.5, 0.6) is 0 Å². The number of halogens is 4. The maximum Gasteiger partial charge on any atom is 0.405 e. The molecule has 130 valence electrons. The van der Waals surface area contributed by atoms with Crippen LogP contribution < -0.4 is 5.73 Å². The van der Waals surface area contributed by atoms with Crippen molar-refractivity contribution in [3.05, 3.63) is 0 Å². The summed E-state index contributed by atoms with van der Waals surface area (Å²) in [5.74, 6) is 2.09. The smallest absolute Gasteiger partial charge is 0.379 e. The van der Waals surface area contributed by atoms with Crippen molar-refractivity contribution in [2.45, 2.75) is 12.2 Å². The van der Waals surface area contributed by atoms with Gasteiger partial charge in [-0.3, -0.25) is 9.89 Å². The van der Waals surface area contributed by atoms with E-state index in [0.29, 0.717) is 13.2 Å². The van der Waals surface area contributed by atoms with Crippen molar-refractivity contribution >= 4 is 41.7 Å². The lowest BCUT2D eigenvalue weighted by Crippen LogP contribution is -2.52. The number of hydrogen-bond donors (Lipinski definition) is 1. The van der Waals surface area contributed by atoms with Crippen LogP contribution in [0.1, 0.15) is 0 Å². The monoisotopic (exact) mass is 454 g/mol. The predicted molar refractivity (Wildman–Crippen MR) is 93.0 cm³/mol. The number of thioether (sulfide) groups is 1. The molecule has 22 heavy (non-hydrogen) atoms. The maximum absolute atomic E-state index is 13.2. The predicted octanol–water partition coefficient (Wildman–Crippen LogP) is 1.23. The van der Waals surface area contributed by atoms with Crippen LogP contribution in [0.4, 0.5) is 13.2 Å². The molecule has 0 bridgehead atoms. The standard InChI is InChI=1S/C12H21F3N4OS.HI/c13-12(14,15)10(18-1-5-20-6-2-18)9-17-11(16)19-3-7-21-8-4-19;/h10H,1-9H2,(H2,16,17);1H. The Morgan fingerprint density at radius 3 is 2.32 bits per heavy atom. The van der Waals surface area contributed by atoms with Gasteiger partial charge in [-0.2, -0.15) is 24.9 Å². The van der Waals surface area contributed by atoms with Crippen molar-refractivity contribution < 1.29 is 17.9 Å². The van der Waals surface area contributed by atoms with Crippen LogP contribution >= 0.6 is 35.7 Å². The third kappa shape index (κ3) is 5.93. The topological polar surface area (TPSA) is 54.1 Å². The second kappa shape index (κ2) is 9.38. The van der Waals surface area contributed by atoms with Gasteiger partial charge in [0.1, 0.15) is 6.04 Å². The average Bonchev–Trinajstić information content (AvgIpc) is 2.48. The van der Waals surface area contributed by atoms with E-state index in [1.165, 1.54) is 4.90 Å². The lowest BCUT2D eigenvalue weighted by Gasteiger charge is -2.35. The molecule has 0 aliphatic carbocycles. The summed E-state index contributed by atoms with van der Waals surface area (Å²) >= 11 is 1.81. The Bertz CT molecular complexity index is 361. The third-order valence-corrected chi connectivity index (χ3v) is 4.57. The lowest BCUT2D eigenvalue weighted by molar-refractivity contribution is -0.188. The molecular weight excluding hydrogens is 432 g/mol. The molecule has 2 heterocycles. The SMILES string of the molecule is I.NC(=NCC(N1CCOCC1)C(F)(F)F)N1CCSCC1. The molecule has 10 heteroatoms. The van der Waals surface area contributed by atoms with Crippen LogP contribution in [0, 0.1) is 0 Å². The Morgan fingerprint density at radius 1 is 1.18 bits per heavy atom. The Labute approximate surface area is 149 Å². The summed E-state index contributed by atoms with van der Waals surface area (Å²) in [5.41, 5.74) is 5.83. The van der Waals surface area contributed by atoms with Gasteiger partial charge in [0, 0.05) is 37.7 Å². The molecule has 0 saturated carbocycles. The van der Waals surface area contributed by atoms with Crippen LogP contribution in [0.15, 0.2) is 4.99 Å². The number of morpholine rings is 1. The Morgan fingerprint density at radius 2 is 1.77 bits per heavy atom. The number of ether oxygens (including phenoxy) is 1. The number of hydrogen-bond acceptors (Lipinski definition) is 4. The van der Waals surface area contributed by atoms with Crippen molar-refractivity contribution in [3.8, 4) is 0 Å². The third-order valence-electron chi connectivity index (χ3n) is 3.63. The highest BCUT2D eigenvalue weighted by Gasteiger charge is 2.43. The van der Waals surface area contributed by atoms with Gasteiger partial charge >= 0.3 is 6.18 Å². The Balaban J connectivity index is 0.00000242. The van der Waals surface area contributed by atoms with E-state index in [-0.39, 0.29) is 49.6 Å². The van der Waals surface area contributed by atoms with E-state index in [4.69, 9.17) is 10.5 Å². The molecule has 2 fully saturated rings. The largest absolute Gasteiger partial charge is 0.405 e. The van der Waals surface area contributed by atoms with Crippen LogP contribution in [-0.2, 0) is 4.74 Å². The molecule has 0 aromatic rings. The van der Waals surface area contributed by atoms with Crippen molar-refractivity contribution in [1.29, 1.82) is 0 Å². The lowest BCUT2D eigenvalue weighted by atomic mass is 10.2. The minimum Gasteiger partial charge on any atom is -0.379 e. The summed E-state index contributed by atoms with van der Waals surface area (Å²) in [6, 6.07) is -1.58. The Hall–Kier alpha value is 0.0600. The summed E-state index contributed by atoms with van der Waals surface area (Å²) in [7, 11) is 0. The van der Waals surface area contributed by atoms with Crippen LogP contribution in [0.2, 0.25) is 0 Å². The molecule has 0 amide bonds. The van der Waals surface area contributed by atoms with E-state index in [2.05, 4.69) is 4.99 Å². The van der Waals surface area contributed by atoms with Crippen molar-refractivity contribution in [2.75, 3.05) is 57.4 Å². The summed E-state index contributed by atoms with van der Waals surface area (Å²) in [6.07, 6.45) is -4.31. The number of alkyl halides is 3. The van der Waals surface area contributed by atoms with Crippen LogP contribution in [-0.4, -0.2) is 85.4 Å². The summed E-state index contributed by atoms with van der Waals surface area (Å²) in [4.78, 5) is 7.23. The van der Waals surface area contributed by atoms with Gasteiger partial charge in [0.25, 0.3) is 0 Å². The van der Waals surface area contributed by atoms with Gasteiger partial charge in [0.2, 0.25) is 0 Å². The molecule has 2 N–H and O–H groups in total.